The summed E-state index contributed by atoms with van der Waals surface area (Å²) in [4.78, 5) is 35.3. The number of methoxy groups -OCH3 is 1. The number of likely N-dealkylation sites (tertiary alicyclic amines) is 1. The number of carbonyl (C=O) groups excluding carboxylic acids is 1. The Labute approximate surface area is 202 Å². The van der Waals surface area contributed by atoms with Crippen molar-refractivity contribution in [1.29, 1.82) is 0 Å². The first-order valence-electron chi connectivity index (χ1n) is 11.8. The number of benzene rings is 2. The van der Waals surface area contributed by atoms with Gasteiger partial charge in [-0.25, -0.2) is 9.67 Å². The SMILES string of the molecule is COc1ccccc1C(=O)N1CCC(c2nc3c(nnn3Cc3cc(C)ccc3C)c(=O)[nH]2)CC1. The summed E-state index contributed by atoms with van der Waals surface area (Å²) in [6, 6.07) is 13.5. The Morgan fingerprint density at radius 3 is 2.69 bits per heavy atom. The molecule has 3 heterocycles. The minimum Gasteiger partial charge on any atom is -0.496 e. The number of hydrogen-bond acceptors (Lipinski definition) is 6. The Kier molecular flexibility index (Phi) is 6.07. The highest BCUT2D eigenvalue weighted by atomic mass is 16.5. The molecule has 5 rings (SSSR count). The molecule has 35 heavy (non-hydrogen) atoms. The number of aryl methyl sites for hydroxylation is 2. The van der Waals surface area contributed by atoms with Crippen molar-refractivity contribution in [3.8, 4) is 5.75 Å². The fourth-order valence-electron chi connectivity index (χ4n) is 4.66. The molecule has 9 heteroatoms. The fourth-order valence-corrected chi connectivity index (χ4v) is 4.66. The Bertz CT molecular complexity index is 1450. The highest BCUT2D eigenvalue weighted by Crippen LogP contribution is 2.28. The van der Waals surface area contributed by atoms with Gasteiger partial charge >= 0.3 is 0 Å². The van der Waals surface area contributed by atoms with Gasteiger partial charge in [-0.2, -0.15) is 0 Å². The van der Waals surface area contributed by atoms with Gasteiger partial charge < -0.3 is 14.6 Å². The lowest BCUT2D eigenvalue weighted by Crippen LogP contribution is -2.38. The predicted octanol–water partition coefficient (Wildman–Crippen LogP) is 3.21. The van der Waals surface area contributed by atoms with Gasteiger partial charge in [0.1, 0.15) is 11.6 Å². The summed E-state index contributed by atoms with van der Waals surface area (Å²) in [5.74, 6) is 1.18. The van der Waals surface area contributed by atoms with Crippen LogP contribution in [0.4, 0.5) is 0 Å². The maximum Gasteiger partial charge on any atom is 0.281 e. The molecule has 0 unspecified atom stereocenters. The molecule has 0 radical (unpaired) electrons. The van der Waals surface area contributed by atoms with E-state index in [-0.39, 0.29) is 22.9 Å². The monoisotopic (exact) mass is 472 g/mol. The van der Waals surface area contributed by atoms with E-state index < -0.39 is 0 Å². The van der Waals surface area contributed by atoms with Crippen LogP contribution in [0.2, 0.25) is 0 Å². The second-order valence-corrected chi connectivity index (χ2v) is 9.07. The average Bonchev–Trinajstić information content (AvgIpc) is 3.29. The van der Waals surface area contributed by atoms with Crippen LogP contribution >= 0.6 is 0 Å². The van der Waals surface area contributed by atoms with Gasteiger partial charge in [0.25, 0.3) is 11.5 Å². The van der Waals surface area contributed by atoms with Crippen LogP contribution in [-0.4, -0.2) is 56.0 Å². The van der Waals surface area contributed by atoms with E-state index in [0.29, 0.717) is 55.3 Å². The number of aromatic amines is 1. The molecule has 1 aliphatic rings. The molecule has 2 aromatic heterocycles. The number of rotatable bonds is 5. The van der Waals surface area contributed by atoms with Crippen LogP contribution in [0.1, 0.15) is 51.6 Å². The number of ether oxygens (including phenoxy) is 1. The molecule has 0 spiro atoms. The number of hydrogen-bond donors (Lipinski definition) is 1. The molecule has 0 bridgehead atoms. The zero-order chi connectivity index (χ0) is 24.5. The van der Waals surface area contributed by atoms with Crippen LogP contribution in [0.15, 0.2) is 47.3 Å². The summed E-state index contributed by atoms with van der Waals surface area (Å²) in [5.41, 5.74) is 4.42. The van der Waals surface area contributed by atoms with Crippen LogP contribution in [0.5, 0.6) is 5.75 Å². The summed E-state index contributed by atoms with van der Waals surface area (Å²) < 4.78 is 7.04. The second-order valence-electron chi connectivity index (χ2n) is 9.07. The summed E-state index contributed by atoms with van der Waals surface area (Å²) in [6.45, 7) is 5.74. The van der Waals surface area contributed by atoms with Gasteiger partial charge in [0, 0.05) is 19.0 Å². The summed E-state index contributed by atoms with van der Waals surface area (Å²) >= 11 is 0. The summed E-state index contributed by atoms with van der Waals surface area (Å²) in [5, 5.41) is 8.29. The van der Waals surface area contributed by atoms with Gasteiger partial charge in [0.2, 0.25) is 0 Å². The molecule has 180 valence electrons. The number of piperidine rings is 1. The first kappa shape index (κ1) is 22.8. The Morgan fingerprint density at radius 1 is 1.14 bits per heavy atom. The number of nitrogens with one attached hydrogen (secondary N) is 1. The Morgan fingerprint density at radius 2 is 1.91 bits per heavy atom. The van der Waals surface area contributed by atoms with E-state index in [2.05, 4.69) is 47.3 Å². The molecule has 2 aromatic carbocycles. The smallest absolute Gasteiger partial charge is 0.281 e. The van der Waals surface area contributed by atoms with Crippen molar-refractivity contribution in [2.45, 2.75) is 39.2 Å². The van der Waals surface area contributed by atoms with E-state index in [1.807, 2.05) is 17.0 Å². The van der Waals surface area contributed by atoms with Crippen LogP contribution < -0.4 is 10.3 Å². The van der Waals surface area contributed by atoms with Crippen molar-refractivity contribution in [3.63, 3.8) is 0 Å². The quantitative estimate of drug-likeness (QED) is 0.478. The molecule has 9 nitrogen and oxygen atoms in total. The van der Waals surface area contributed by atoms with Gasteiger partial charge in [0.15, 0.2) is 11.2 Å². The lowest BCUT2D eigenvalue weighted by Gasteiger charge is -2.31. The number of aromatic nitrogens is 5. The van der Waals surface area contributed by atoms with Gasteiger partial charge in [-0.15, -0.1) is 5.10 Å². The predicted molar refractivity (Wildman–Crippen MR) is 132 cm³/mol. The maximum absolute atomic E-state index is 13.0. The number of para-hydroxylation sites is 1. The molecule has 1 N–H and O–H groups in total. The van der Waals surface area contributed by atoms with Crippen molar-refractivity contribution in [2.75, 3.05) is 20.2 Å². The molecule has 0 saturated carbocycles. The standard InChI is InChI=1S/C26H28N6O3/c1-16-8-9-17(2)19(14-16)15-32-24-22(29-30-32)25(33)28-23(27-24)18-10-12-31(13-11-18)26(34)20-6-4-5-7-21(20)35-3/h4-9,14,18H,10-13,15H2,1-3H3,(H,27,28,33). The molecule has 1 fully saturated rings. The molecule has 1 amide bonds. The van der Waals surface area contributed by atoms with Crippen LogP contribution in [0.3, 0.4) is 0 Å². The van der Waals surface area contributed by atoms with Crippen LogP contribution in [0, 0.1) is 13.8 Å². The minimum atomic E-state index is -0.287. The number of amides is 1. The zero-order valence-corrected chi connectivity index (χ0v) is 20.1. The van der Waals surface area contributed by atoms with Crippen molar-refractivity contribution in [3.05, 3.63) is 80.9 Å². The lowest BCUT2D eigenvalue weighted by molar-refractivity contribution is 0.0707. The third-order valence-electron chi connectivity index (χ3n) is 6.72. The van der Waals surface area contributed by atoms with Gasteiger partial charge in [-0.1, -0.05) is 41.1 Å². The van der Waals surface area contributed by atoms with Crippen LogP contribution in [0.25, 0.3) is 11.2 Å². The number of H-pyrrole nitrogens is 1. The normalized spacial score (nSPS) is 14.4. The van der Waals surface area contributed by atoms with Crippen molar-refractivity contribution in [1.82, 2.24) is 29.9 Å². The van der Waals surface area contributed by atoms with E-state index >= 15 is 0 Å². The lowest BCUT2D eigenvalue weighted by atomic mass is 9.95. The third-order valence-corrected chi connectivity index (χ3v) is 6.72. The molecule has 0 aliphatic carbocycles. The largest absolute Gasteiger partial charge is 0.496 e. The average molecular weight is 473 g/mol. The molecule has 1 aliphatic heterocycles. The Balaban J connectivity index is 1.36. The second kappa shape index (κ2) is 9.32. The maximum atomic E-state index is 13.0. The molecule has 0 atom stereocenters. The highest BCUT2D eigenvalue weighted by molar-refractivity contribution is 5.97. The third kappa shape index (κ3) is 4.41. The topological polar surface area (TPSA) is 106 Å². The van der Waals surface area contributed by atoms with E-state index in [1.165, 1.54) is 0 Å². The molecule has 4 aromatic rings. The molecular formula is C26H28N6O3. The summed E-state index contributed by atoms with van der Waals surface area (Å²) in [7, 11) is 1.57. The van der Waals surface area contributed by atoms with E-state index in [9.17, 15) is 9.59 Å². The van der Waals surface area contributed by atoms with E-state index in [1.54, 1.807) is 23.9 Å². The first-order valence-corrected chi connectivity index (χ1v) is 11.8. The van der Waals surface area contributed by atoms with Crippen LogP contribution in [-0.2, 0) is 6.54 Å². The van der Waals surface area contributed by atoms with E-state index in [0.717, 1.165) is 16.7 Å². The number of nitrogens with zero attached hydrogens (tertiary/aromatic N) is 5. The summed E-state index contributed by atoms with van der Waals surface area (Å²) in [6.07, 6.45) is 1.40. The molecular weight excluding hydrogens is 444 g/mol. The van der Waals surface area contributed by atoms with Crippen molar-refractivity contribution >= 4 is 17.1 Å². The fraction of sp³-hybridized carbons (Fsp3) is 0.346. The first-order chi connectivity index (χ1) is 16.9. The zero-order valence-electron chi connectivity index (χ0n) is 20.1. The minimum absolute atomic E-state index is 0.0397. The van der Waals surface area contributed by atoms with Gasteiger partial charge in [0.05, 0.1) is 19.2 Å². The van der Waals surface area contributed by atoms with Crippen molar-refractivity contribution < 1.29 is 9.53 Å². The van der Waals surface area contributed by atoms with E-state index in [4.69, 9.17) is 9.72 Å². The number of carbonyl (C=O) groups is 1. The Hall–Kier alpha value is -4.01. The molecule has 1 saturated heterocycles. The van der Waals surface area contributed by atoms with Crippen molar-refractivity contribution in [2.24, 2.45) is 0 Å². The number of fused-ring (bicyclic) bond motifs is 1. The highest BCUT2D eigenvalue weighted by Gasteiger charge is 2.28. The van der Waals surface area contributed by atoms with Gasteiger partial charge in [-0.05, 0) is 49.9 Å². The van der Waals surface area contributed by atoms with Gasteiger partial charge in [-0.3, -0.25) is 9.59 Å².